The Kier molecular flexibility index (Phi) is 8.06. The first-order chi connectivity index (χ1) is 17.1. The summed E-state index contributed by atoms with van der Waals surface area (Å²) in [6.07, 6.45) is 1.63. The van der Waals surface area contributed by atoms with Crippen LogP contribution in [-0.2, 0) is 16.6 Å². The van der Waals surface area contributed by atoms with Gasteiger partial charge < -0.3 is 9.80 Å². The lowest BCUT2D eigenvalue weighted by molar-refractivity contribution is -0.134. The van der Waals surface area contributed by atoms with Gasteiger partial charge in [-0.2, -0.15) is 0 Å². The van der Waals surface area contributed by atoms with Gasteiger partial charge in [0.1, 0.15) is 6.54 Å². The van der Waals surface area contributed by atoms with Gasteiger partial charge in [-0.05, 0) is 77.6 Å². The molecule has 4 nitrogen and oxygen atoms in total. The fourth-order valence-electron chi connectivity index (χ4n) is 4.75. The highest BCUT2D eigenvalue weighted by Gasteiger charge is 2.35. The number of amides is 2. The Labute approximate surface area is 227 Å². The van der Waals surface area contributed by atoms with Crippen molar-refractivity contribution in [2.75, 3.05) is 13.1 Å². The summed E-state index contributed by atoms with van der Waals surface area (Å²) in [6, 6.07) is 18.0. The van der Waals surface area contributed by atoms with Gasteiger partial charge in [-0.1, -0.05) is 67.9 Å². The molecule has 0 saturated carbocycles. The molecule has 4 rings (SSSR count). The normalized spacial score (nSPS) is 16.4. The second-order valence-corrected chi connectivity index (χ2v) is 12.5. The molecule has 6 heteroatoms. The van der Waals surface area contributed by atoms with Gasteiger partial charge in [-0.25, -0.2) is 0 Å². The van der Waals surface area contributed by atoms with Crippen LogP contribution in [0.4, 0.5) is 0 Å². The molecule has 0 bridgehead atoms. The number of hydrogen-bond acceptors (Lipinski definition) is 3. The van der Waals surface area contributed by atoms with Crippen LogP contribution in [0.15, 0.2) is 64.5 Å². The molecule has 1 aliphatic rings. The van der Waals surface area contributed by atoms with E-state index in [1.165, 1.54) is 16.0 Å². The molecule has 0 saturated heterocycles. The quantitative estimate of drug-likeness (QED) is 0.316. The molecule has 2 atom stereocenters. The van der Waals surface area contributed by atoms with Crippen molar-refractivity contribution in [1.82, 2.24) is 9.80 Å². The number of carbonyl (C=O) groups excluding carboxylic acids is 2. The Bertz CT molecular complexity index is 1210. The van der Waals surface area contributed by atoms with E-state index in [0.29, 0.717) is 12.1 Å². The monoisotopic (exact) mass is 566 g/mol. The second kappa shape index (κ2) is 10.9. The molecule has 0 unspecified atom stereocenters. The number of benzene rings is 2. The number of rotatable bonds is 6. The molecule has 2 heterocycles. The smallest absolute Gasteiger partial charge is 0.254 e. The van der Waals surface area contributed by atoms with Crippen LogP contribution in [0.3, 0.4) is 0 Å². The van der Waals surface area contributed by atoms with Gasteiger partial charge in [0.2, 0.25) is 5.91 Å². The van der Waals surface area contributed by atoms with Crippen molar-refractivity contribution in [2.45, 2.75) is 65.0 Å². The number of nitrogens with zero attached hydrogens (tertiary/aromatic N) is 2. The molecule has 0 aliphatic carbocycles. The van der Waals surface area contributed by atoms with Crippen LogP contribution in [0.1, 0.15) is 79.0 Å². The molecule has 0 spiro atoms. The summed E-state index contributed by atoms with van der Waals surface area (Å²) in [5, 5.41) is 2.12. The van der Waals surface area contributed by atoms with Gasteiger partial charge in [-0.15, -0.1) is 11.3 Å². The van der Waals surface area contributed by atoms with Crippen LogP contribution in [0.25, 0.3) is 0 Å². The number of hydrogen-bond donors (Lipinski definition) is 0. The largest absolute Gasteiger partial charge is 0.330 e. The summed E-state index contributed by atoms with van der Waals surface area (Å²) in [7, 11) is 0. The lowest BCUT2D eigenvalue weighted by Crippen LogP contribution is -2.49. The third kappa shape index (κ3) is 5.60. The predicted molar refractivity (Wildman–Crippen MR) is 152 cm³/mol. The van der Waals surface area contributed by atoms with Crippen LogP contribution < -0.4 is 0 Å². The number of thiophene rings is 1. The van der Waals surface area contributed by atoms with Crippen LogP contribution in [0, 0.1) is 0 Å². The zero-order chi connectivity index (χ0) is 26.0. The van der Waals surface area contributed by atoms with E-state index in [9.17, 15) is 9.59 Å². The van der Waals surface area contributed by atoms with Gasteiger partial charge >= 0.3 is 0 Å². The van der Waals surface area contributed by atoms with E-state index in [-0.39, 0.29) is 35.9 Å². The Hall–Kier alpha value is -2.44. The van der Waals surface area contributed by atoms with E-state index in [1.807, 2.05) is 36.1 Å². The summed E-state index contributed by atoms with van der Waals surface area (Å²) < 4.78 is 0.922. The molecule has 1 aliphatic heterocycles. The minimum Gasteiger partial charge on any atom is -0.330 e. The van der Waals surface area contributed by atoms with Crippen molar-refractivity contribution < 1.29 is 9.59 Å². The van der Waals surface area contributed by atoms with Crippen molar-refractivity contribution in [3.63, 3.8) is 0 Å². The molecule has 0 N–H and O–H groups in total. The first-order valence-corrected chi connectivity index (χ1v) is 14.3. The fourth-order valence-corrected chi connectivity index (χ4v) is 5.92. The van der Waals surface area contributed by atoms with Crippen LogP contribution in [-0.4, -0.2) is 40.7 Å². The van der Waals surface area contributed by atoms with Crippen LogP contribution in [0.2, 0.25) is 0 Å². The second-order valence-electron chi connectivity index (χ2n) is 10.6. The van der Waals surface area contributed by atoms with Gasteiger partial charge in [0.25, 0.3) is 5.91 Å². The van der Waals surface area contributed by atoms with Crippen LogP contribution in [0.5, 0.6) is 0 Å². The molecular weight excluding hydrogens is 532 g/mol. The molecule has 2 aromatic carbocycles. The molecule has 190 valence electrons. The van der Waals surface area contributed by atoms with Crippen molar-refractivity contribution in [2.24, 2.45) is 0 Å². The third-order valence-corrected chi connectivity index (χ3v) is 8.68. The number of halogens is 1. The Morgan fingerprint density at radius 3 is 2.36 bits per heavy atom. The summed E-state index contributed by atoms with van der Waals surface area (Å²) in [5.74, 6) is -0.118. The molecule has 36 heavy (non-hydrogen) atoms. The summed E-state index contributed by atoms with van der Waals surface area (Å²) in [5.41, 5.74) is 4.26. The zero-order valence-corrected chi connectivity index (χ0v) is 24.2. The molecule has 2 amide bonds. The summed E-state index contributed by atoms with van der Waals surface area (Å²) in [4.78, 5) is 32.4. The highest BCUT2D eigenvalue weighted by molar-refractivity contribution is 9.10. The highest BCUT2D eigenvalue weighted by atomic mass is 79.9. The van der Waals surface area contributed by atoms with Gasteiger partial charge in [0, 0.05) is 27.5 Å². The first kappa shape index (κ1) is 26.6. The van der Waals surface area contributed by atoms with Gasteiger partial charge in [0.05, 0.1) is 6.04 Å². The fraction of sp³-hybridized carbons (Fsp3) is 0.400. The van der Waals surface area contributed by atoms with Crippen molar-refractivity contribution >= 4 is 39.1 Å². The average molecular weight is 568 g/mol. The SMILES string of the molecule is CC[C@@H](C)N(CC(=O)N1CCc2sccc2[C@H]1c1ccc(C(C)(C)C)cc1)C(=O)c1ccc(Br)cc1. The van der Waals surface area contributed by atoms with E-state index in [4.69, 9.17) is 0 Å². The van der Waals surface area contributed by atoms with Crippen molar-refractivity contribution in [3.05, 3.63) is 91.6 Å². The maximum atomic E-state index is 13.9. The zero-order valence-electron chi connectivity index (χ0n) is 21.8. The Morgan fingerprint density at radius 1 is 1.08 bits per heavy atom. The highest BCUT2D eigenvalue weighted by Crippen LogP contribution is 2.38. The predicted octanol–water partition coefficient (Wildman–Crippen LogP) is 7.22. The Morgan fingerprint density at radius 2 is 1.75 bits per heavy atom. The molecule has 3 aromatic rings. The first-order valence-electron chi connectivity index (χ1n) is 12.6. The van der Waals surface area contributed by atoms with Crippen molar-refractivity contribution in [1.29, 1.82) is 0 Å². The van der Waals surface area contributed by atoms with E-state index < -0.39 is 0 Å². The summed E-state index contributed by atoms with van der Waals surface area (Å²) >= 11 is 5.20. The maximum Gasteiger partial charge on any atom is 0.254 e. The lowest BCUT2D eigenvalue weighted by atomic mass is 9.85. The lowest BCUT2D eigenvalue weighted by Gasteiger charge is -2.38. The maximum absolute atomic E-state index is 13.9. The topological polar surface area (TPSA) is 40.6 Å². The van der Waals surface area contributed by atoms with Crippen LogP contribution >= 0.6 is 27.3 Å². The summed E-state index contributed by atoms with van der Waals surface area (Å²) in [6.45, 7) is 11.4. The van der Waals surface area contributed by atoms with Crippen molar-refractivity contribution in [3.8, 4) is 0 Å². The minimum atomic E-state index is -0.136. The molecular formula is C30H35BrN2O2S. The Balaban J connectivity index is 1.64. The van der Waals surface area contributed by atoms with E-state index in [0.717, 1.165) is 22.9 Å². The number of carbonyl (C=O) groups is 2. The van der Waals surface area contributed by atoms with Gasteiger partial charge in [-0.3, -0.25) is 9.59 Å². The molecule has 0 fully saturated rings. The standard InChI is InChI=1S/C30H35BrN2O2S/c1-6-20(2)33(29(35)22-9-13-24(31)14-10-22)19-27(34)32-17-15-26-25(16-18-36-26)28(32)21-7-11-23(12-8-21)30(3,4)5/h7-14,16,18,20,28H,6,15,17,19H2,1-5H3/t20-,28-/m1/s1. The molecule has 0 radical (unpaired) electrons. The minimum absolute atomic E-state index is 0.0116. The van der Waals surface area contributed by atoms with Gasteiger partial charge in [0.15, 0.2) is 0 Å². The average Bonchev–Trinajstić information content (AvgIpc) is 3.34. The van der Waals surface area contributed by atoms with E-state index >= 15 is 0 Å². The third-order valence-electron chi connectivity index (χ3n) is 7.16. The van der Waals surface area contributed by atoms with E-state index in [2.05, 4.69) is 79.3 Å². The van der Waals surface area contributed by atoms with E-state index in [1.54, 1.807) is 16.2 Å². The number of fused-ring (bicyclic) bond motifs is 1. The molecule has 1 aromatic heterocycles.